The molecule has 2 N–H and O–H groups in total. The van der Waals surface area contributed by atoms with Crippen molar-refractivity contribution in [1.82, 2.24) is 9.78 Å². The number of rotatable bonds is 5. The van der Waals surface area contributed by atoms with Crippen LogP contribution < -0.4 is 10.6 Å². The average molecular weight is 273 g/mol. The molecule has 2 rings (SSSR count). The summed E-state index contributed by atoms with van der Waals surface area (Å²) in [7, 11) is 1.86. The Labute approximate surface area is 117 Å². The zero-order chi connectivity index (χ0) is 14.5. The summed E-state index contributed by atoms with van der Waals surface area (Å²) in [6.45, 7) is 3.14. The topological polar surface area (TPSA) is 65.7 Å². The van der Waals surface area contributed by atoms with Crippen molar-refractivity contribution in [3.05, 3.63) is 41.3 Å². The van der Waals surface area contributed by atoms with Gasteiger partial charge in [-0.25, -0.2) is 4.39 Å². The second-order valence-electron chi connectivity index (χ2n) is 4.42. The third kappa shape index (κ3) is 3.06. The van der Waals surface area contributed by atoms with Gasteiger partial charge in [-0.2, -0.15) is 10.4 Å². The van der Waals surface area contributed by atoms with Crippen LogP contribution in [0.3, 0.4) is 0 Å². The number of hydrogen-bond donors (Lipinski definition) is 2. The highest BCUT2D eigenvalue weighted by Gasteiger charge is 2.06. The van der Waals surface area contributed by atoms with E-state index in [1.165, 1.54) is 6.07 Å². The second-order valence-corrected chi connectivity index (χ2v) is 4.42. The van der Waals surface area contributed by atoms with Gasteiger partial charge in [-0.15, -0.1) is 0 Å². The first-order valence-electron chi connectivity index (χ1n) is 6.29. The van der Waals surface area contributed by atoms with Gasteiger partial charge in [0.1, 0.15) is 23.3 Å². The normalized spacial score (nSPS) is 10.1. The van der Waals surface area contributed by atoms with Crippen molar-refractivity contribution in [1.29, 1.82) is 5.26 Å². The molecule has 0 radical (unpaired) electrons. The number of nitriles is 1. The molecule has 1 aromatic carbocycles. The average Bonchev–Trinajstić information content (AvgIpc) is 2.73. The zero-order valence-electron chi connectivity index (χ0n) is 11.4. The van der Waals surface area contributed by atoms with Crippen LogP contribution in [0.5, 0.6) is 0 Å². The van der Waals surface area contributed by atoms with Gasteiger partial charge < -0.3 is 10.6 Å². The molecule has 0 amide bonds. The van der Waals surface area contributed by atoms with Crippen LogP contribution in [-0.2, 0) is 7.05 Å². The van der Waals surface area contributed by atoms with E-state index in [9.17, 15) is 4.39 Å². The zero-order valence-corrected chi connectivity index (χ0v) is 11.4. The van der Waals surface area contributed by atoms with Gasteiger partial charge in [-0.3, -0.25) is 4.68 Å². The van der Waals surface area contributed by atoms with Crippen molar-refractivity contribution >= 4 is 11.5 Å². The Balaban J connectivity index is 1.90. The van der Waals surface area contributed by atoms with E-state index >= 15 is 0 Å². The monoisotopic (exact) mass is 273 g/mol. The molecule has 1 aromatic heterocycles. The molecule has 0 spiro atoms. The van der Waals surface area contributed by atoms with Gasteiger partial charge in [0.05, 0.1) is 11.4 Å². The maximum Gasteiger partial charge on any atom is 0.143 e. The minimum Gasteiger partial charge on any atom is -0.382 e. The Hall–Kier alpha value is -2.55. The summed E-state index contributed by atoms with van der Waals surface area (Å²) < 4.78 is 15.2. The van der Waals surface area contributed by atoms with Gasteiger partial charge in [-0.1, -0.05) is 6.07 Å². The van der Waals surface area contributed by atoms with Crippen LogP contribution in [0.25, 0.3) is 0 Å². The van der Waals surface area contributed by atoms with Crippen LogP contribution in [0.2, 0.25) is 0 Å². The Bertz CT molecular complexity index is 641. The van der Waals surface area contributed by atoms with E-state index < -0.39 is 5.82 Å². The van der Waals surface area contributed by atoms with Crippen molar-refractivity contribution in [3.8, 4) is 6.07 Å². The van der Waals surface area contributed by atoms with Crippen molar-refractivity contribution in [2.45, 2.75) is 6.92 Å². The van der Waals surface area contributed by atoms with Crippen molar-refractivity contribution in [3.63, 3.8) is 0 Å². The lowest BCUT2D eigenvalue weighted by Gasteiger charge is -2.10. The van der Waals surface area contributed by atoms with E-state index in [0.29, 0.717) is 18.8 Å². The first kappa shape index (κ1) is 13.9. The minimum absolute atomic E-state index is 0.0453. The summed E-state index contributed by atoms with van der Waals surface area (Å²) in [5.41, 5.74) is 1.50. The molecule has 0 atom stereocenters. The van der Waals surface area contributed by atoms with Crippen LogP contribution in [0.15, 0.2) is 24.3 Å². The van der Waals surface area contributed by atoms with E-state index in [1.807, 2.05) is 26.1 Å². The fourth-order valence-electron chi connectivity index (χ4n) is 1.95. The van der Waals surface area contributed by atoms with Crippen LogP contribution in [0, 0.1) is 24.1 Å². The molecule has 0 fully saturated rings. The van der Waals surface area contributed by atoms with Gasteiger partial charge in [0.2, 0.25) is 0 Å². The quantitative estimate of drug-likeness (QED) is 0.820. The van der Waals surface area contributed by atoms with E-state index in [4.69, 9.17) is 5.26 Å². The number of halogens is 1. The summed E-state index contributed by atoms with van der Waals surface area (Å²) in [5, 5.41) is 19.4. The molecule has 0 unspecified atom stereocenters. The van der Waals surface area contributed by atoms with Crippen LogP contribution in [-0.4, -0.2) is 22.9 Å². The molecule has 0 bridgehead atoms. The van der Waals surface area contributed by atoms with Gasteiger partial charge in [0.15, 0.2) is 0 Å². The number of benzene rings is 1. The fourth-order valence-corrected chi connectivity index (χ4v) is 1.95. The lowest BCUT2D eigenvalue weighted by atomic mass is 10.2. The largest absolute Gasteiger partial charge is 0.382 e. The third-order valence-corrected chi connectivity index (χ3v) is 2.87. The van der Waals surface area contributed by atoms with Crippen molar-refractivity contribution in [2.75, 3.05) is 23.7 Å². The second kappa shape index (κ2) is 6.06. The van der Waals surface area contributed by atoms with Gasteiger partial charge in [0, 0.05) is 26.2 Å². The Morgan fingerprint density at radius 3 is 2.75 bits per heavy atom. The highest BCUT2D eigenvalue weighted by Crippen LogP contribution is 2.17. The van der Waals surface area contributed by atoms with Gasteiger partial charge >= 0.3 is 0 Å². The van der Waals surface area contributed by atoms with Crippen LogP contribution in [0.1, 0.15) is 11.3 Å². The molecule has 0 aliphatic carbocycles. The Morgan fingerprint density at radius 1 is 1.35 bits per heavy atom. The molecule has 6 heteroatoms. The number of anilines is 2. The first-order valence-corrected chi connectivity index (χ1v) is 6.29. The lowest BCUT2D eigenvalue weighted by molar-refractivity contribution is 0.624. The standard InChI is InChI=1S/C14H16FN5/c1-10-8-14(20(2)19-10)18-7-6-17-13-5-3-4-12(15)11(13)9-16/h3-5,8,17-18H,6-7H2,1-2H3. The molecule has 20 heavy (non-hydrogen) atoms. The molecule has 104 valence electrons. The van der Waals surface area contributed by atoms with E-state index in [-0.39, 0.29) is 5.56 Å². The summed E-state index contributed by atoms with van der Waals surface area (Å²) in [4.78, 5) is 0. The highest BCUT2D eigenvalue weighted by molar-refractivity contribution is 5.58. The maximum absolute atomic E-state index is 13.4. The summed E-state index contributed by atoms with van der Waals surface area (Å²) >= 11 is 0. The number of nitrogens with zero attached hydrogens (tertiary/aromatic N) is 3. The predicted octanol–water partition coefficient (Wildman–Crippen LogP) is 2.26. The Kier molecular flexibility index (Phi) is 4.20. The van der Waals surface area contributed by atoms with Crippen molar-refractivity contribution in [2.24, 2.45) is 7.05 Å². The molecule has 0 saturated heterocycles. The summed E-state index contributed by atoms with van der Waals surface area (Å²) in [6, 6.07) is 8.36. The van der Waals surface area contributed by atoms with Gasteiger partial charge in [-0.05, 0) is 19.1 Å². The van der Waals surface area contributed by atoms with Crippen LogP contribution in [0.4, 0.5) is 15.9 Å². The summed E-state index contributed by atoms with van der Waals surface area (Å²) in [6.07, 6.45) is 0. The molecule has 5 nitrogen and oxygen atoms in total. The van der Waals surface area contributed by atoms with E-state index in [1.54, 1.807) is 16.8 Å². The predicted molar refractivity (Wildman–Crippen MR) is 76.0 cm³/mol. The SMILES string of the molecule is Cc1cc(NCCNc2cccc(F)c2C#N)n(C)n1. The van der Waals surface area contributed by atoms with Crippen molar-refractivity contribution < 1.29 is 4.39 Å². The number of hydrogen-bond acceptors (Lipinski definition) is 4. The summed E-state index contributed by atoms with van der Waals surface area (Å²) in [5.74, 6) is 0.414. The molecule has 1 heterocycles. The molecule has 0 aliphatic rings. The number of aryl methyl sites for hydroxylation is 2. The van der Waals surface area contributed by atoms with E-state index in [0.717, 1.165) is 11.5 Å². The molecular formula is C14H16FN5. The third-order valence-electron chi connectivity index (χ3n) is 2.87. The number of nitrogens with one attached hydrogen (secondary N) is 2. The first-order chi connectivity index (χ1) is 9.61. The molecular weight excluding hydrogens is 257 g/mol. The molecule has 0 aliphatic heterocycles. The highest BCUT2D eigenvalue weighted by atomic mass is 19.1. The maximum atomic E-state index is 13.4. The number of aromatic nitrogens is 2. The van der Waals surface area contributed by atoms with Gasteiger partial charge in [0.25, 0.3) is 0 Å². The molecule has 0 saturated carbocycles. The Morgan fingerprint density at radius 2 is 2.10 bits per heavy atom. The lowest BCUT2D eigenvalue weighted by Crippen LogP contribution is -2.16. The minimum atomic E-state index is -0.507. The smallest absolute Gasteiger partial charge is 0.143 e. The van der Waals surface area contributed by atoms with E-state index in [2.05, 4.69) is 15.7 Å². The fraction of sp³-hybridized carbons (Fsp3) is 0.286. The molecule has 2 aromatic rings. The van der Waals surface area contributed by atoms with Crippen LogP contribution >= 0.6 is 0 Å².